The lowest BCUT2D eigenvalue weighted by atomic mass is 10.0. The predicted octanol–water partition coefficient (Wildman–Crippen LogP) is 2.89. The van der Waals surface area contributed by atoms with Crippen molar-refractivity contribution in [1.82, 2.24) is 10.2 Å². The van der Waals surface area contributed by atoms with Gasteiger partial charge in [-0.05, 0) is 29.3 Å². The number of nitrogens with zero attached hydrogens (tertiary/aromatic N) is 3. The molecule has 0 saturated heterocycles. The van der Waals surface area contributed by atoms with E-state index in [2.05, 4.69) is 5.32 Å². The normalized spacial score (nSPS) is 11.9. The van der Waals surface area contributed by atoms with Gasteiger partial charge < -0.3 is 10.2 Å². The first-order valence-corrected chi connectivity index (χ1v) is 13.4. The van der Waals surface area contributed by atoms with Gasteiger partial charge in [0.15, 0.2) is 0 Å². The summed E-state index contributed by atoms with van der Waals surface area (Å²) in [4.78, 5) is 38.6. The average molecular weight is 543 g/mol. The number of benzene rings is 3. The molecule has 0 aliphatic carbocycles. The highest BCUT2D eigenvalue weighted by Gasteiger charge is 2.33. The van der Waals surface area contributed by atoms with Crippen molar-refractivity contribution in [2.75, 3.05) is 24.2 Å². The fraction of sp³-hybridized carbons (Fsp3) is 0.231. The molecule has 3 aromatic rings. The van der Waals surface area contributed by atoms with Gasteiger partial charge in [-0.1, -0.05) is 48.5 Å². The molecule has 200 valence electrons. The van der Waals surface area contributed by atoms with E-state index in [1.54, 1.807) is 24.3 Å². The number of rotatable bonds is 11. The number of nitro benzene ring substituents is 1. The van der Waals surface area contributed by atoms with E-state index in [4.69, 9.17) is 0 Å². The fourth-order valence-electron chi connectivity index (χ4n) is 3.88. The van der Waals surface area contributed by atoms with Gasteiger partial charge in [-0.15, -0.1) is 0 Å². The Hall–Kier alpha value is -4.32. The summed E-state index contributed by atoms with van der Waals surface area (Å²) in [6.07, 6.45) is 1.01. The Morgan fingerprint density at radius 1 is 1.00 bits per heavy atom. The van der Waals surface area contributed by atoms with Crippen molar-refractivity contribution in [2.45, 2.75) is 19.0 Å². The van der Waals surface area contributed by atoms with Crippen LogP contribution in [0.1, 0.15) is 11.1 Å². The number of nitrogens with one attached hydrogen (secondary N) is 1. The van der Waals surface area contributed by atoms with E-state index in [0.717, 1.165) is 22.2 Å². The Balaban J connectivity index is 2.03. The lowest BCUT2D eigenvalue weighted by Crippen LogP contribution is -2.52. The third-order valence-corrected chi connectivity index (χ3v) is 6.93. The van der Waals surface area contributed by atoms with Crippen molar-refractivity contribution < 1.29 is 27.3 Å². The van der Waals surface area contributed by atoms with E-state index in [9.17, 15) is 32.5 Å². The van der Waals surface area contributed by atoms with Gasteiger partial charge in [0.2, 0.25) is 21.8 Å². The van der Waals surface area contributed by atoms with Crippen LogP contribution in [0.3, 0.4) is 0 Å². The van der Waals surface area contributed by atoms with Gasteiger partial charge in [-0.2, -0.15) is 0 Å². The van der Waals surface area contributed by atoms with Gasteiger partial charge in [0.1, 0.15) is 18.4 Å². The van der Waals surface area contributed by atoms with Crippen molar-refractivity contribution in [3.63, 3.8) is 0 Å². The first kappa shape index (κ1) is 28.3. The summed E-state index contributed by atoms with van der Waals surface area (Å²) in [5, 5.41) is 13.8. The topological polar surface area (TPSA) is 130 Å². The minimum Gasteiger partial charge on any atom is -0.357 e. The summed E-state index contributed by atoms with van der Waals surface area (Å²) in [7, 11) is -2.64. The second kappa shape index (κ2) is 12.3. The zero-order valence-corrected chi connectivity index (χ0v) is 21.6. The number of carbonyl (C=O) groups excluding carboxylic acids is 2. The van der Waals surface area contributed by atoms with Crippen LogP contribution in [-0.4, -0.2) is 55.9 Å². The molecule has 0 bridgehead atoms. The molecule has 38 heavy (non-hydrogen) atoms. The van der Waals surface area contributed by atoms with Gasteiger partial charge in [-0.25, -0.2) is 12.8 Å². The monoisotopic (exact) mass is 542 g/mol. The minimum absolute atomic E-state index is 0.0728. The number of likely N-dealkylation sites (N-methyl/N-ethyl adjacent to an activating group) is 1. The second-order valence-electron chi connectivity index (χ2n) is 8.51. The zero-order chi connectivity index (χ0) is 27.9. The van der Waals surface area contributed by atoms with Crippen LogP contribution < -0.4 is 9.62 Å². The number of non-ortho nitro benzene ring substituents is 1. The Kier molecular flexibility index (Phi) is 9.13. The van der Waals surface area contributed by atoms with Crippen LogP contribution in [-0.2, 0) is 32.6 Å². The number of hydrogen-bond donors (Lipinski definition) is 1. The molecule has 0 fully saturated rings. The molecule has 3 rings (SSSR count). The highest BCUT2D eigenvalue weighted by atomic mass is 32.2. The molecule has 0 aliphatic rings. The van der Waals surface area contributed by atoms with Crippen LogP contribution in [0.25, 0.3) is 0 Å². The molecule has 2 amide bonds. The quantitative estimate of drug-likeness (QED) is 0.293. The maximum absolute atomic E-state index is 13.7. The Morgan fingerprint density at radius 2 is 1.66 bits per heavy atom. The van der Waals surface area contributed by atoms with Gasteiger partial charge in [-0.3, -0.25) is 24.0 Å². The van der Waals surface area contributed by atoms with Crippen LogP contribution in [0.15, 0.2) is 78.9 Å². The lowest BCUT2D eigenvalue weighted by molar-refractivity contribution is -0.384. The number of anilines is 1. The zero-order valence-electron chi connectivity index (χ0n) is 20.8. The van der Waals surface area contributed by atoms with E-state index in [0.29, 0.717) is 5.56 Å². The first-order chi connectivity index (χ1) is 18.0. The Labute approximate surface area is 219 Å². The van der Waals surface area contributed by atoms with Crippen LogP contribution in [0.2, 0.25) is 0 Å². The summed E-state index contributed by atoms with van der Waals surface area (Å²) in [5.74, 6) is -1.69. The molecule has 10 nitrogen and oxygen atoms in total. The molecule has 0 radical (unpaired) electrons. The van der Waals surface area contributed by atoms with Crippen molar-refractivity contribution in [1.29, 1.82) is 0 Å². The van der Waals surface area contributed by atoms with Crippen molar-refractivity contribution in [3.8, 4) is 0 Å². The molecule has 0 spiro atoms. The summed E-state index contributed by atoms with van der Waals surface area (Å²) in [6.45, 7) is -0.833. The summed E-state index contributed by atoms with van der Waals surface area (Å²) in [6, 6.07) is 18.2. The number of amides is 2. The maximum atomic E-state index is 13.7. The van der Waals surface area contributed by atoms with Crippen LogP contribution in [0, 0.1) is 15.9 Å². The van der Waals surface area contributed by atoms with Gasteiger partial charge in [0.05, 0.1) is 16.9 Å². The van der Waals surface area contributed by atoms with E-state index >= 15 is 0 Å². The average Bonchev–Trinajstić information content (AvgIpc) is 2.89. The number of hydrogen-bond acceptors (Lipinski definition) is 6. The number of sulfonamides is 1. The highest BCUT2D eigenvalue weighted by Crippen LogP contribution is 2.24. The third kappa shape index (κ3) is 7.35. The number of halogens is 1. The van der Waals surface area contributed by atoms with Crippen molar-refractivity contribution in [2.24, 2.45) is 0 Å². The smallest absolute Gasteiger partial charge is 0.271 e. The first-order valence-electron chi connectivity index (χ1n) is 11.5. The molecule has 1 atom stereocenters. The minimum atomic E-state index is -4.06. The molecule has 1 unspecified atom stereocenters. The maximum Gasteiger partial charge on any atom is 0.271 e. The largest absolute Gasteiger partial charge is 0.357 e. The molecule has 12 heteroatoms. The summed E-state index contributed by atoms with van der Waals surface area (Å²) in [5.41, 5.74) is 0.857. The van der Waals surface area contributed by atoms with E-state index < -0.39 is 45.2 Å². The molecule has 0 aromatic heterocycles. The van der Waals surface area contributed by atoms with Crippen LogP contribution in [0.4, 0.5) is 15.8 Å². The van der Waals surface area contributed by atoms with Gasteiger partial charge in [0.25, 0.3) is 5.69 Å². The molecule has 0 aliphatic heterocycles. The standard InChI is InChI=1S/C26H27FN4O6S/c1-28-26(33)24(15-19-7-4-3-5-8-19)29(17-20-11-13-21(27)14-12-20)25(32)18-30(38(2,36)37)22-9-6-10-23(16-22)31(34)35/h3-14,16,24H,15,17-18H2,1-2H3,(H,28,33). The predicted molar refractivity (Wildman–Crippen MR) is 140 cm³/mol. The van der Waals surface area contributed by atoms with Gasteiger partial charge in [0, 0.05) is 32.1 Å². The lowest BCUT2D eigenvalue weighted by Gasteiger charge is -2.33. The van der Waals surface area contributed by atoms with Crippen LogP contribution in [0.5, 0.6) is 0 Å². The molecule has 0 saturated carbocycles. The summed E-state index contributed by atoms with van der Waals surface area (Å²) >= 11 is 0. The van der Waals surface area contributed by atoms with Gasteiger partial charge >= 0.3 is 0 Å². The third-order valence-electron chi connectivity index (χ3n) is 5.79. The molecule has 3 aromatic carbocycles. The van der Waals surface area contributed by atoms with E-state index in [-0.39, 0.29) is 24.3 Å². The van der Waals surface area contributed by atoms with Crippen LogP contribution >= 0.6 is 0 Å². The molecular formula is C26H27FN4O6S. The highest BCUT2D eigenvalue weighted by molar-refractivity contribution is 7.92. The van der Waals surface area contributed by atoms with Crippen molar-refractivity contribution in [3.05, 3.63) is 106 Å². The molecular weight excluding hydrogens is 515 g/mol. The molecule has 1 N–H and O–H groups in total. The fourth-order valence-corrected chi connectivity index (χ4v) is 4.72. The molecule has 0 heterocycles. The number of nitro groups is 1. The van der Waals surface area contributed by atoms with E-state index in [1.165, 1.54) is 54.4 Å². The Bertz CT molecular complexity index is 1400. The second-order valence-corrected chi connectivity index (χ2v) is 10.4. The van der Waals surface area contributed by atoms with Crippen molar-refractivity contribution >= 4 is 33.2 Å². The van der Waals surface area contributed by atoms with E-state index in [1.807, 2.05) is 6.07 Å². The number of carbonyl (C=O) groups is 2. The SMILES string of the molecule is CNC(=O)C(Cc1ccccc1)N(Cc1ccc(F)cc1)C(=O)CN(c1cccc([N+](=O)[O-])c1)S(C)(=O)=O. The Morgan fingerprint density at radius 3 is 2.24 bits per heavy atom. The summed E-state index contributed by atoms with van der Waals surface area (Å²) < 4.78 is 39.6.